The number of sulfonamides is 1. The van der Waals surface area contributed by atoms with Gasteiger partial charge in [0.2, 0.25) is 11.8 Å². The number of nitro groups is 1. The molecule has 0 spiro atoms. The van der Waals surface area contributed by atoms with Gasteiger partial charge in [0, 0.05) is 35.7 Å². The standard InChI is InChI=1S/C35H36ClFN4O7S/c1-23(2)38-35(43)32(18-25-8-6-5-7-9-25)39(21-26-11-14-28(37)15-12-26)34(42)22-40(31-19-27(36)13-17-33(31)48-4)49(46,47)29-16-10-24(3)30(20-29)41(44)45/h5-17,19-20,23,32H,18,21-22H2,1-4H3,(H,38,43). The van der Waals surface area contributed by atoms with Crippen LogP contribution in [-0.2, 0) is 32.6 Å². The third kappa shape index (κ3) is 9.12. The fourth-order valence-electron chi connectivity index (χ4n) is 5.17. The third-order valence-corrected chi connectivity index (χ3v) is 9.61. The lowest BCUT2D eigenvalue weighted by atomic mass is 10.0. The van der Waals surface area contributed by atoms with Gasteiger partial charge in [0.1, 0.15) is 24.2 Å². The number of carbonyl (C=O) groups is 2. The summed E-state index contributed by atoms with van der Waals surface area (Å²) < 4.78 is 48.9. The number of ether oxygens (including phenoxy) is 1. The van der Waals surface area contributed by atoms with Crippen molar-refractivity contribution in [3.63, 3.8) is 0 Å². The van der Waals surface area contributed by atoms with Gasteiger partial charge in [0.15, 0.2) is 0 Å². The number of hydrogen-bond acceptors (Lipinski definition) is 7. The maximum atomic E-state index is 14.6. The Kier molecular flexibility index (Phi) is 12.0. The number of benzene rings is 4. The molecule has 4 aromatic carbocycles. The molecule has 1 atom stereocenters. The smallest absolute Gasteiger partial charge is 0.273 e. The van der Waals surface area contributed by atoms with E-state index in [1.807, 2.05) is 6.07 Å². The van der Waals surface area contributed by atoms with Crippen molar-refractivity contribution >= 4 is 44.8 Å². The van der Waals surface area contributed by atoms with Crippen LogP contribution < -0.4 is 14.4 Å². The molecule has 0 saturated carbocycles. The topological polar surface area (TPSA) is 139 Å². The van der Waals surface area contributed by atoms with Crippen molar-refractivity contribution < 1.29 is 32.1 Å². The summed E-state index contributed by atoms with van der Waals surface area (Å²) in [4.78, 5) is 40.2. The van der Waals surface area contributed by atoms with Crippen LogP contribution in [0.1, 0.15) is 30.5 Å². The van der Waals surface area contributed by atoms with Crippen LogP contribution in [0.5, 0.6) is 5.75 Å². The highest BCUT2D eigenvalue weighted by atomic mass is 35.5. The number of methoxy groups -OCH3 is 1. The second-order valence-corrected chi connectivity index (χ2v) is 13.8. The van der Waals surface area contributed by atoms with E-state index in [9.17, 15) is 32.5 Å². The zero-order valence-electron chi connectivity index (χ0n) is 27.3. The number of halogens is 2. The van der Waals surface area contributed by atoms with E-state index in [-0.39, 0.29) is 41.0 Å². The summed E-state index contributed by atoms with van der Waals surface area (Å²) in [6.45, 7) is 3.97. The summed E-state index contributed by atoms with van der Waals surface area (Å²) in [5.74, 6) is -1.74. The van der Waals surface area contributed by atoms with E-state index in [1.54, 1.807) is 38.1 Å². The normalized spacial score (nSPS) is 11.9. The lowest BCUT2D eigenvalue weighted by Gasteiger charge is -2.34. The molecule has 4 rings (SSSR count). The Labute approximate surface area is 289 Å². The van der Waals surface area contributed by atoms with Gasteiger partial charge in [-0.15, -0.1) is 0 Å². The highest BCUT2D eigenvalue weighted by Gasteiger charge is 2.36. The SMILES string of the molecule is COc1ccc(Cl)cc1N(CC(=O)N(Cc1ccc(F)cc1)C(Cc1ccccc1)C(=O)NC(C)C)S(=O)(=O)c1ccc(C)c([N+](=O)[O-])c1. The van der Waals surface area contributed by atoms with Gasteiger partial charge in [-0.05, 0) is 68.3 Å². The molecule has 258 valence electrons. The van der Waals surface area contributed by atoms with Gasteiger partial charge in [-0.1, -0.05) is 60.1 Å². The number of anilines is 1. The zero-order valence-corrected chi connectivity index (χ0v) is 28.9. The minimum atomic E-state index is -4.71. The lowest BCUT2D eigenvalue weighted by Crippen LogP contribution is -2.54. The minimum absolute atomic E-state index is 0.0471. The maximum absolute atomic E-state index is 14.6. The molecular weight excluding hydrogens is 675 g/mol. The van der Waals surface area contributed by atoms with Crippen LogP contribution in [0, 0.1) is 22.9 Å². The fraction of sp³-hybridized carbons (Fsp3) is 0.257. The van der Waals surface area contributed by atoms with E-state index < -0.39 is 55.7 Å². The summed E-state index contributed by atoms with van der Waals surface area (Å²) in [6, 6.07) is 20.6. The van der Waals surface area contributed by atoms with Crippen LogP contribution in [0.25, 0.3) is 0 Å². The van der Waals surface area contributed by atoms with Gasteiger partial charge in [-0.2, -0.15) is 0 Å². The van der Waals surface area contributed by atoms with Crippen molar-refractivity contribution in [3.05, 3.63) is 129 Å². The summed E-state index contributed by atoms with van der Waals surface area (Å²) in [5, 5.41) is 14.7. The molecule has 49 heavy (non-hydrogen) atoms. The van der Waals surface area contributed by atoms with E-state index in [4.69, 9.17) is 16.3 Å². The first-order chi connectivity index (χ1) is 23.2. The van der Waals surface area contributed by atoms with Gasteiger partial charge >= 0.3 is 0 Å². The minimum Gasteiger partial charge on any atom is -0.495 e. The first kappa shape index (κ1) is 36.8. The van der Waals surface area contributed by atoms with Crippen LogP contribution in [0.3, 0.4) is 0 Å². The molecule has 1 N–H and O–H groups in total. The molecule has 1 unspecified atom stereocenters. The Morgan fingerprint density at radius 3 is 2.27 bits per heavy atom. The van der Waals surface area contributed by atoms with Gasteiger partial charge in [0.05, 0.1) is 22.6 Å². The Bertz CT molecular complexity index is 1930. The van der Waals surface area contributed by atoms with E-state index >= 15 is 0 Å². The molecule has 0 bridgehead atoms. The Hall–Kier alpha value is -5.01. The van der Waals surface area contributed by atoms with Gasteiger partial charge < -0.3 is 15.0 Å². The van der Waals surface area contributed by atoms with Crippen LogP contribution in [0.2, 0.25) is 5.02 Å². The van der Waals surface area contributed by atoms with E-state index in [0.717, 1.165) is 15.9 Å². The fourth-order valence-corrected chi connectivity index (χ4v) is 6.77. The molecule has 0 fully saturated rings. The summed E-state index contributed by atoms with van der Waals surface area (Å²) in [7, 11) is -3.41. The molecule has 0 saturated heterocycles. The molecule has 0 aromatic heterocycles. The second-order valence-electron chi connectivity index (χ2n) is 11.6. The second kappa shape index (κ2) is 15.9. The molecule has 0 aliphatic rings. The van der Waals surface area contributed by atoms with Gasteiger partial charge in [-0.3, -0.25) is 24.0 Å². The average Bonchev–Trinajstić information content (AvgIpc) is 3.06. The van der Waals surface area contributed by atoms with E-state index in [1.165, 1.54) is 73.5 Å². The van der Waals surface area contributed by atoms with Crippen LogP contribution in [0.15, 0.2) is 95.9 Å². The summed E-state index contributed by atoms with van der Waals surface area (Å²) in [6.07, 6.45) is 0.0731. The monoisotopic (exact) mass is 710 g/mol. The molecule has 14 heteroatoms. The molecule has 11 nitrogen and oxygen atoms in total. The van der Waals surface area contributed by atoms with Crippen LogP contribution in [0.4, 0.5) is 15.8 Å². The number of carbonyl (C=O) groups excluding carboxylic acids is 2. The number of nitro benzene ring substituents is 1. The number of rotatable bonds is 14. The summed E-state index contributed by atoms with van der Waals surface area (Å²) in [5.41, 5.74) is 0.902. The molecule has 0 aliphatic carbocycles. The number of nitrogens with one attached hydrogen (secondary N) is 1. The number of amides is 2. The molecule has 0 radical (unpaired) electrons. The van der Waals surface area contributed by atoms with Gasteiger partial charge in [-0.25, -0.2) is 12.8 Å². The van der Waals surface area contributed by atoms with Crippen molar-refractivity contribution in [2.24, 2.45) is 0 Å². The molecule has 4 aromatic rings. The predicted octanol–water partition coefficient (Wildman–Crippen LogP) is 6.06. The largest absolute Gasteiger partial charge is 0.495 e. The van der Waals surface area contributed by atoms with E-state index in [0.29, 0.717) is 5.56 Å². The van der Waals surface area contributed by atoms with Crippen molar-refractivity contribution in [2.75, 3.05) is 18.0 Å². The maximum Gasteiger partial charge on any atom is 0.273 e. The number of nitrogens with zero attached hydrogens (tertiary/aromatic N) is 3. The average molecular weight is 711 g/mol. The highest BCUT2D eigenvalue weighted by molar-refractivity contribution is 7.92. The Morgan fingerprint density at radius 2 is 1.65 bits per heavy atom. The molecular formula is C35H36ClFN4O7S. The highest BCUT2D eigenvalue weighted by Crippen LogP contribution is 2.36. The van der Waals surface area contributed by atoms with E-state index in [2.05, 4.69) is 5.32 Å². The number of aryl methyl sites for hydroxylation is 1. The van der Waals surface area contributed by atoms with Crippen LogP contribution in [-0.4, -0.2) is 55.8 Å². The van der Waals surface area contributed by atoms with Crippen molar-refractivity contribution in [1.29, 1.82) is 0 Å². The zero-order chi connectivity index (χ0) is 35.9. The predicted molar refractivity (Wildman–Crippen MR) is 185 cm³/mol. The van der Waals surface area contributed by atoms with Crippen molar-refractivity contribution in [2.45, 2.75) is 50.7 Å². The quantitative estimate of drug-likeness (QED) is 0.124. The van der Waals surface area contributed by atoms with Crippen LogP contribution >= 0.6 is 11.6 Å². The Morgan fingerprint density at radius 1 is 0.980 bits per heavy atom. The first-order valence-corrected chi connectivity index (χ1v) is 17.0. The molecule has 2 amide bonds. The number of hydrogen-bond donors (Lipinski definition) is 1. The van der Waals surface area contributed by atoms with Crippen molar-refractivity contribution in [1.82, 2.24) is 10.2 Å². The first-order valence-electron chi connectivity index (χ1n) is 15.2. The lowest BCUT2D eigenvalue weighted by molar-refractivity contribution is -0.385. The Balaban J connectivity index is 1.89. The third-order valence-electron chi connectivity index (χ3n) is 7.62. The summed E-state index contributed by atoms with van der Waals surface area (Å²) >= 11 is 6.31. The molecule has 0 heterocycles. The van der Waals surface area contributed by atoms with Crippen molar-refractivity contribution in [3.8, 4) is 5.75 Å². The van der Waals surface area contributed by atoms with Gasteiger partial charge in [0.25, 0.3) is 15.7 Å². The molecule has 0 aliphatic heterocycles.